The minimum absolute atomic E-state index is 0.229. The van der Waals surface area contributed by atoms with Crippen molar-refractivity contribution in [3.63, 3.8) is 0 Å². The number of carbonyl (C=O) groups excluding carboxylic acids is 3. The topological polar surface area (TPSA) is 275 Å². The van der Waals surface area contributed by atoms with E-state index in [9.17, 15) is 59.7 Å². The molecule has 1 saturated carbocycles. The maximum absolute atomic E-state index is 12.9. The van der Waals surface area contributed by atoms with E-state index in [1.807, 2.05) is 0 Å². The normalized spacial score (nSPS) is 22.3. The predicted octanol–water partition coefficient (Wildman–Crippen LogP) is 1.20. The van der Waals surface area contributed by atoms with Gasteiger partial charge in [0.25, 0.3) is 0 Å². The molecule has 1 aliphatic carbocycles. The Balaban J connectivity index is 1.92. The van der Waals surface area contributed by atoms with Gasteiger partial charge in [0.05, 0.1) is 18.4 Å². The van der Waals surface area contributed by atoms with Gasteiger partial charge in [-0.15, -0.1) is 0 Å². The molecular weight excluding hydrogens is 628 g/mol. The molecule has 0 bridgehead atoms. The van der Waals surface area contributed by atoms with Gasteiger partial charge in [-0.1, -0.05) is 12.1 Å². The standard InChI is InChI=1S/C31H32O16/c1-30(43,14-24(36)37)15-27(40)47-28-22(45-25(38)8-4-16-2-6-18(32)20(34)10-16)12-31(44,29(41)42)13-23(28)46-26(39)9-5-17-3-7-19(33)21(35)11-17/h2-11,22-23,28,32-35,43-44H,12-15H2,1H3,(H,36,37)(H,41,42). The monoisotopic (exact) mass is 660 g/mol. The lowest BCUT2D eigenvalue weighted by Gasteiger charge is -2.42. The van der Waals surface area contributed by atoms with Crippen LogP contribution in [0.1, 0.15) is 43.7 Å². The Morgan fingerprint density at radius 3 is 1.60 bits per heavy atom. The molecule has 3 atom stereocenters. The molecule has 0 spiro atoms. The van der Waals surface area contributed by atoms with E-state index in [0.717, 1.165) is 55.5 Å². The number of hydrogen-bond donors (Lipinski definition) is 8. The summed E-state index contributed by atoms with van der Waals surface area (Å²) in [5, 5.41) is 78.3. The molecule has 16 heteroatoms. The Morgan fingerprint density at radius 1 is 0.766 bits per heavy atom. The molecule has 16 nitrogen and oxygen atoms in total. The number of aliphatic hydroxyl groups is 2. The van der Waals surface area contributed by atoms with E-state index in [4.69, 9.17) is 19.3 Å². The van der Waals surface area contributed by atoms with Crippen molar-refractivity contribution in [2.75, 3.05) is 0 Å². The van der Waals surface area contributed by atoms with Crippen LogP contribution in [-0.2, 0) is 38.2 Å². The molecule has 0 saturated heterocycles. The van der Waals surface area contributed by atoms with Gasteiger partial charge in [0.15, 0.2) is 34.7 Å². The lowest BCUT2D eigenvalue weighted by molar-refractivity contribution is -0.214. The van der Waals surface area contributed by atoms with E-state index in [-0.39, 0.29) is 11.1 Å². The zero-order chi connectivity index (χ0) is 35.1. The van der Waals surface area contributed by atoms with Gasteiger partial charge in [-0.25, -0.2) is 14.4 Å². The Kier molecular flexibility index (Phi) is 11.2. The summed E-state index contributed by atoms with van der Waals surface area (Å²) in [6, 6.07) is 7.16. The lowest BCUT2D eigenvalue weighted by atomic mass is 9.79. The second-order valence-electron chi connectivity index (χ2n) is 11.1. The van der Waals surface area contributed by atoms with Crippen molar-refractivity contribution >= 4 is 42.0 Å². The molecule has 8 N–H and O–H groups in total. The first-order valence-corrected chi connectivity index (χ1v) is 13.8. The van der Waals surface area contributed by atoms with E-state index >= 15 is 0 Å². The van der Waals surface area contributed by atoms with Crippen molar-refractivity contribution in [3.8, 4) is 23.0 Å². The first kappa shape index (κ1) is 35.9. The molecule has 47 heavy (non-hydrogen) atoms. The zero-order valence-corrected chi connectivity index (χ0v) is 24.7. The molecule has 252 valence electrons. The number of carboxylic acid groups (broad SMARTS) is 2. The third-order valence-electron chi connectivity index (χ3n) is 6.89. The van der Waals surface area contributed by atoms with Crippen molar-refractivity contribution < 1.29 is 79.0 Å². The van der Waals surface area contributed by atoms with E-state index in [0.29, 0.717) is 0 Å². The van der Waals surface area contributed by atoms with Crippen molar-refractivity contribution in [2.24, 2.45) is 0 Å². The van der Waals surface area contributed by atoms with Gasteiger partial charge in [-0.05, 0) is 54.5 Å². The van der Waals surface area contributed by atoms with Crippen LogP contribution in [0.2, 0.25) is 0 Å². The minimum atomic E-state index is -2.67. The average molecular weight is 661 g/mol. The van der Waals surface area contributed by atoms with Crippen LogP contribution in [0, 0.1) is 0 Å². The minimum Gasteiger partial charge on any atom is -0.504 e. The summed E-state index contributed by atoms with van der Waals surface area (Å²) in [4.78, 5) is 61.6. The third-order valence-corrected chi connectivity index (χ3v) is 6.89. The van der Waals surface area contributed by atoms with Gasteiger partial charge in [0.1, 0.15) is 12.2 Å². The summed E-state index contributed by atoms with van der Waals surface area (Å²) in [5.41, 5.74) is -4.32. The first-order valence-electron chi connectivity index (χ1n) is 13.8. The quantitative estimate of drug-likeness (QED) is 0.0687. The second kappa shape index (κ2) is 14.7. The zero-order valence-electron chi connectivity index (χ0n) is 24.7. The smallest absolute Gasteiger partial charge is 0.335 e. The van der Waals surface area contributed by atoms with Crippen LogP contribution < -0.4 is 0 Å². The molecule has 0 aliphatic heterocycles. The van der Waals surface area contributed by atoms with Gasteiger partial charge in [-0.3, -0.25) is 9.59 Å². The van der Waals surface area contributed by atoms with Gasteiger partial charge in [0.2, 0.25) is 0 Å². The number of benzene rings is 2. The Bertz CT molecular complexity index is 1500. The maximum atomic E-state index is 12.9. The highest BCUT2D eigenvalue weighted by molar-refractivity contribution is 5.88. The number of aromatic hydroxyl groups is 4. The highest BCUT2D eigenvalue weighted by Gasteiger charge is 2.54. The Labute approximate surface area is 266 Å². The number of aliphatic carboxylic acids is 2. The van der Waals surface area contributed by atoms with E-state index in [2.05, 4.69) is 0 Å². The van der Waals surface area contributed by atoms with E-state index in [1.54, 1.807) is 0 Å². The SMILES string of the molecule is CC(O)(CC(=O)O)CC(=O)OC1C(OC(=O)C=Cc2ccc(O)c(O)c2)CC(O)(C(=O)O)CC1OC(=O)C=Cc1ccc(O)c(O)c1. The lowest BCUT2D eigenvalue weighted by Crippen LogP contribution is -2.59. The number of rotatable bonds is 12. The van der Waals surface area contributed by atoms with Crippen LogP contribution >= 0.6 is 0 Å². The molecular formula is C31H32O16. The molecule has 0 radical (unpaired) electrons. The maximum Gasteiger partial charge on any atom is 0.335 e. The number of hydrogen-bond acceptors (Lipinski definition) is 14. The van der Waals surface area contributed by atoms with Crippen LogP contribution in [0.5, 0.6) is 23.0 Å². The summed E-state index contributed by atoms with van der Waals surface area (Å²) < 4.78 is 16.0. The number of phenolic OH excluding ortho intramolecular Hbond substituents is 4. The highest BCUT2D eigenvalue weighted by Crippen LogP contribution is 2.36. The Morgan fingerprint density at radius 2 is 1.21 bits per heavy atom. The fraction of sp³-hybridized carbons (Fsp3) is 0.323. The fourth-order valence-corrected chi connectivity index (χ4v) is 4.65. The summed E-state index contributed by atoms with van der Waals surface area (Å²) >= 11 is 0. The number of ether oxygens (including phenoxy) is 3. The second-order valence-corrected chi connectivity index (χ2v) is 11.1. The number of esters is 3. The molecule has 0 aromatic heterocycles. The van der Waals surface area contributed by atoms with Crippen molar-refractivity contribution in [1.29, 1.82) is 0 Å². The number of phenols is 4. The van der Waals surface area contributed by atoms with Crippen LogP contribution in [-0.4, -0.2) is 100 Å². The van der Waals surface area contributed by atoms with Gasteiger partial charge >= 0.3 is 29.8 Å². The Hall–Kier alpha value is -5.61. The first-order chi connectivity index (χ1) is 21.9. The molecule has 2 aromatic rings. The van der Waals surface area contributed by atoms with Gasteiger partial charge < -0.3 is 55.1 Å². The van der Waals surface area contributed by atoms with Crippen molar-refractivity contribution in [1.82, 2.24) is 0 Å². The average Bonchev–Trinajstić information content (AvgIpc) is 2.95. The van der Waals surface area contributed by atoms with Crippen molar-refractivity contribution in [3.05, 3.63) is 59.7 Å². The van der Waals surface area contributed by atoms with Gasteiger partial charge in [0, 0.05) is 25.0 Å². The molecule has 0 heterocycles. The predicted molar refractivity (Wildman–Crippen MR) is 157 cm³/mol. The summed E-state index contributed by atoms with van der Waals surface area (Å²) in [5.74, 6) is -8.63. The number of carboxylic acids is 2. The third kappa shape index (κ3) is 10.2. The summed E-state index contributed by atoms with van der Waals surface area (Å²) in [6.07, 6.45) is -4.81. The molecule has 3 rings (SSSR count). The fourth-order valence-electron chi connectivity index (χ4n) is 4.65. The summed E-state index contributed by atoms with van der Waals surface area (Å²) in [7, 11) is 0. The van der Waals surface area contributed by atoms with E-state index in [1.165, 1.54) is 12.1 Å². The molecule has 0 amide bonds. The van der Waals surface area contributed by atoms with Crippen LogP contribution in [0.4, 0.5) is 0 Å². The largest absolute Gasteiger partial charge is 0.504 e. The molecule has 1 fully saturated rings. The molecule has 1 aliphatic rings. The summed E-state index contributed by atoms with van der Waals surface area (Å²) in [6.45, 7) is 1.04. The molecule has 3 unspecified atom stereocenters. The van der Waals surface area contributed by atoms with E-state index < -0.39 is 108 Å². The van der Waals surface area contributed by atoms with Crippen molar-refractivity contribution in [2.45, 2.75) is 62.1 Å². The van der Waals surface area contributed by atoms with Gasteiger partial charge in [-0.2, -0.15) is 0 Å². The van der Waals surface area contributed by atoms with Crippen LogP contribution in [0.25, 0.3) is 12.2 Å². The number of carbonyl (C=O) groups is 5. The highest BCUT2D eigenvalue weighted by atomic mass is 16.6. The molecule has 2 aromatic carbocycles. The van der Waals surface area contributed by atoms with Crippen LogP contribution in [0.3, 0.4) is 0 Å². The van der Waals surface area contributed by atoms with Crippen LogP contribution in [0.15, 0.2) is 48.6 Å².